The van der Waals surface area contributed by atoms with Gasteiger partial charge in [0.1, 0.15) is 0 Å². The molecular weight excluding hydrogens is 360 g/mol. The molecule has 154 valence electrons. The molecule has 0 aliphatic rings. The van der Waals surface area contributed by atoms with Gasteiger partial charge in [0, 0.05) is 0 Å². The molecule has 27 heavy (non-hydrogen) atoms. The van der Waals surface area contributed by atoms with Crippen LogP contribution in [0.4, 0.5) is 4.79 Å². The quantitative estimate of drug-likeness (QED) is 0.293. The van der Waals surface area contributed by atoms with Crippen molar-refractivity contribution in [1.82, 2.24) is 5.32 Å². The summed E-state index contributed by atoms with van der Waals surface area (Å²) in [5.41, 5.74) is 5.83. The highest BCUT2D eigenvalue weighted by Gasteiger charge is 2.36. The second-order valence-corrected chi connectivity index (χ2v) is 8.54. The van der Waals surface area contributed by atoms with E-state index in [0.717, 1.165) is 19.3 Å². The molecule has 1 aromatic rings. The fourth-order valence-corrected chi connectivity index (χ4v) is 4.39. The van der Waals surface area contributed by atoms with Crippen molar-refractivity contribution in [3.8, 4) is 0 Å². The first-order valence-corrected chi connectivity index (χ1v) is 11.5. The van der Waals surface area contributed by atoms with Crippen LogP contribution in [-0.2, 0) is 15.6 Å². The molecule has 1 aromatic carbocycles. The molecule has 1 rings (SSSR count). The first kappa shape index (κ1) is 23.5. The smallest absolute Gasteiger partial charge is 0.313 e. The largest absolute Gasteiger partial charge is 0.352 e. The lowest BCUT2D eigenvalue weighted by Gasteiger charge is -2.29. The number of benzene rings is 1. The molecule has 0 fully saturated rings. The highest BCUT2D eigenvalue weighted by atomic mass is 32.2. The average Bonchev–Trinajstić information content (AvgIpc) is 2.65. The zero-order chi connectivity index (χ0) is 20.0. The summed E-state index contributed by atoms with van der Waals surface area (Å²) in [4.78, 5) is 10.0. The monoisotopic (exact) mass is 396 g/mol. The van der Waals surface area contributed by atoms with Crippen molar-refractivity contribution in [3.63, 3.8) is 0 Å². The van der Waals surface area contributed by atoms with Gasteiger partial charge in [-0.15, -0.1) is 0 Å². The predicted molar refractivity (Wildman–Crippen MR) is 112 cm³/mol. The summed E-state index contributed by atoms with van der Waals surface area (Å²) in [7, 11) is -2.91. The number of nitrogens with two attached hydrogens (primary N) is 1. The van der Waals surface area contributed by atoms with Gasteiger partial charge in [-0.1, -0.05) is 101 Å². The van der Waals surface area contributed by atoms with Crippen molar-refractivity contribution in [2.24, 2.45) is 5.73 Å². The third kappa shape index (κ3) is 8.78. The summed E-state index contributed by atoms with van der Waals surface area (Å²) in [5.74, 6) is 0. The Bertz CT molecular complexity index is 597. The number of nitrogens with one attached hydrogen (secondary N) is 1. The number of hydrogen-bond acceptors (Lipinski definition) is 3. The Morgan fingerprint density at radius 2 is 1.37 bits per heavy atom. The molecule has 1 atom stereocenters. The number of hydrogen-bond donors (Lipinski definition) is 3. The first-order chi connectivity index (χ1) is 13.0. The van der Waals surface area contributed by atoms with E-state index in [0.29, 0.717) is 12.0 Å². The normalized spacial score (nSPS) is 13.4. The first-order valence-electron chi connectivity index (χ1n) is 10.3. The molecule has 6 heteroatoms. The number of carbonyl (C=O) groups is 1. The van der Waals surface area contributed by atoms with Gasteiger partial charge in [0.25, 0.3) is 0 Å². The van der Waals surface area contributed by atoms with Crippen LogP contribution in [0.15, 0.2) is 30.3 Å². The van der Waals surface area contributed by atoms with Gasteiger partial charge in [0.05, 0.1) is 0 Å². The van der Waals surface area contributed by atoms with Gasteiger partial charge < -0.3 is 11.1 Å². The highest BCUT2D eigenvalue weighted by Crippen LogP contribution is 2.29. The average molecular weight is 397 g/mol. The number of unbranched alkanes of at least 4 members (excludes halogenated alkanes) is 10. The second-order valence-electron chi connectivity index (χ2n) is 7.26. The summed E-state index contributed by atoms with van der Waals surface area (Å²) in [6.07, 6.45) is 13.4. The summed E-state index contributed by atoms with van der Waals surface area (Å²) >= 11 is 0. The van der Waals surface area contributed by atoms with E-state index < -0.39 is 21.6 Å². The van der Waals surface area contributed by atoms with E-state index >= 15 is 0 Å². The Morgan fingerprint density at radius 1 is 0.889 bits per heavy atom. The van der Waals surface area contributed by atoms with Crippen LogP contribution in [0.25, 0.3) is 0 Å². The van der Waals surface area contributed by atoms with Gasteiger partial charge in [0.15, 0.2) is 15.6 Å². The number of thiol groups is 1. The third-order valence-electron chi connectivity index (χ3n) is 5.04. The molecule has 0 bridgehead atoms. The Morgan fingerprint density at radius 3 is 1.81 bits per heavy atom. The van der Waals surface area contributed by atoms with Crippen molar-refractivity contribution < 1.29 is 13.2 Å². The van der Waals surface area contributed by atoms with Gasteiger partial charge >= 0.3 is 6.03 Å². The molecule has 0 aromatic heterocycles. The Balaban J connectivity index is 2.42. The molecular formula is C21H36N2O3S. The van der Waals surface area contributed by atoms with Crippen LogP contribution in [0.5, 0.6) is 0 Å². The molecule has 0 saturated carbocycles. The topological polar surface area (TPSA) is 89.3 Å². The van der Waals surface area contributed by atoms with Crippen LogP contribution in [-0.4, -0.2) is 14.4 Å². The van der Waals surface area contributed by atoms with Crippen LogP contribution >= 0.6 is 0 Å². The predicted octanol–water partition coefficient (Wildman–Crippen LogP) is 4.82. The third-order valence-corrected chi connectivity index (χ3v) is 6.25. The standard InChI is InChI=1S/C21H36N2O3S/c1-2-3-4-5-6-7-8-9-10-11-15-18-21(27(25)26,23-20(22)24)19-16-13-12-14-17-19/h12-14,16-17,27H,2-11,15,18H2,1H3,(H3,22,23,24). The molecule has 5 nitrogen and oxygen atoms in total. The molecule has 0 radical (unpaired) electrons. The Kier molecular flexibility index (Phi) is 11.8. The molecule has 0 aliphatic heterocycles. The van der Waals surface area contributed by atoms with Crippen LogP contribution in [0.1, 0.15) is 89.5 Å². The van der Waals surface area contributed by atoms with Gasteiger partial charge in [-0.25, -0.2) is 13.2 Å². The van der Waals surface area contributed by atoms with Crippen LogP contribution in [0.3, 0.4) is 0 Å². The number of urea groups is 1. The van der Waals surface area contributed by atoms with Gasteiger partial charge in [-0.2, -0.15) is 0 Å². The van der Waals surface area contributed by atoms with E-state index in [2.05, 4.69) is 12.2 Å². The van der Waals surface area contributed by atoms with Crippen LogP contribution in [0, 0.1) is 0 Å². The number of amides is 2. The maximum Gasteiger partial charge on any atom is 0.313 e. The van der Waals surface area contributed by atoms with Gasteiger partial charge in [0.2, 0.25) is 0 Å². The molecule has 0 saturated heterocycles. The molecule has 2 amide bonds. The molecule has 0 aliphatic carbocycles. The minimum atomic E-state index is -2.91. The van der Waals surface area contributed by atoms with E-state index in [-0.39, 0.29) is 0 Å². The SMILES string of the molecule is CCCCCCCCCCCCCC(NC(N)=O)(c1ccccc1)[SH](=O)=O. The van der Waals surface area contributed by atoms with E-state index in [1.54, 1.807) is 24.3 Å². The van der Waals surface area contributed by atoms with Gasteiger partial charge in [-0.3, -0.25) is 0 Å². The fourth-order valence-electron chi connectivity index (χ4n) is 3.48. The van der Waals surface area contributed by atoms with E-state index in [4.69, 9.17) is 5.73 Å². The van der Waals surface area contributed by atoms with Crippen molar-refractivity contribution in [3.05, 3.63) is 35.9 Å². The van der Waals surface area contributed by atoms with Crippen LogP contribution < -0.4 is 11.1 Å². The van der Waals surface area contributed by atoms with Crippen LogP contribution in [0.2, 0.25) is 0 Å². The summed E-state index contributed by atoms with van der Waals surface area (Å²) in [6.45, 7) is 2.23. The summed E-state index contributed by atoms with van der Waals surface area (Å²) < 4.78 is 24.1. The minimum absolute atomic E-state index is 0.343. The fraction of sp³-hybridized carbons (Fsp3) is 0.667. The zero-order valence-electron chi connectivity index (χ0n) is 16.6. The molecule has 3 N–H and O–H groups in total. The molecule has 0 heterocycles. The van der Waals surface area contributed by atoms with Crippen molar-refractivity contribution in [2.75, 3.05) is 0 Å². The minimum Gasteiger partial charge on any atom is -0.352 e. The lowest BCUT2D eigenvalue weighted by Crippen LogP contribution is -2.49. The van der Waals surface area contributed by atoms with E-state index in [1.165, 1.54) is 51.4 Å². The van der Waals surface area contributed by atoms with E-state index in [1.807, 2.05) is 6.07 Å². The Labute approximate surface area is 166 Å². The highest BCUT2D eigenvalue weighted by molar-refractivity contribution is 7.73. The summed E-state index contributed by atoms with van der Waals surface area (Å²) in [5, 5.41) is 2.49. The summed E-state index contributed by atoms with van der Waals surface area (Å²) in [6, 6.07) is 7.98. The lowest BCUT2D eigenvalue weighted by molar-refractivity contribution is 0.240. The Hall–Kier alpha value is -1.56. The van der Waals surface area contributed by atoms with Gasteiger partial charge in [-0.05, 0) is 18.4 Å². The number of rotatable bonds is 15. The maximum absolute atomic E-state index is 12.0. The van der Waals surface area contributed by atoms with Crippen molar-refractivity contribution in [1.29, 1.82) is 0 Å². The zero-order valence-corrected chi connectivity index (χ0v) is 17.5. The van der Waals surface area contributed by atoms with E-state index in [9.17, 15) is 13.2 Å². The number of carbonyl (C=O) groups excluding carboxylic acids is 1. The lowest BCUT2D eigenvalue weighted by atomic mass is 9.98. The number of primary amides is 1. The maximum atomic E-state index is 12.0. The second kappa shape index (κ2) is 13.6. The molecule has 1 unspecified atom stereocenters. The van der Waals surface area contributed by atoms with Crippen molar-refractivity contribution >= 4 is 16.7 Å². The van der Waals surface area contributed by atoms with Crippen molar-refractivity contribution in [2.45, 2.75) is 88.8 Å². The molecule has 0 spiro atoms.